The van der Waals surface area contributed by atoms with Gasteiger partial charge in [-0.3, -0.25) is 4.79 Å². The summed E-state index contributed by atoms with van der Waals surface area (Å²) in [6, 6.07) is 0. The van der Waals surface area contributed by atoms with Gasteiger partial charge in [0.15, 0.2) is 5.78 Å². The molecule has 0 aromatic rings. The summed E-state index contributed by atoms with van der Waals surface area (Å²) < 4.78 is 0. The van der Waals surface area contributed by atoms with Crippen molar-refractivity contribution in [3.63, 3.8) is 0 Å². The summed E-state index contributed by atoms with van der Waals surface area (Å²) in [4.78, 5) is 10.1. The summed E-state index contributed by atoms with van der Waals surface area (Å²) in [7, 11) is 0. The number of carbonyl (C=O) groups is 1. The number of carbonyl (C=O) groups excluding carboxylic acids is 1. The molecule has 8 heavy (non-hydrogen) atoms. The molecule has 0 amide bonds. The van der Waals surface area contributed by atoms with Crippen LogP contribution in [0.2, 0.25) is 0 Å². The SMILES string of the molecule is C=C=C=C=CC(C)=O. The van der Waals surface area contributed by atoms with Gasteiger partial charge in [0.2, 0.25) is 0 Å². The molecule has 0 aliphatic heterocycles. The van der Waals surface area contributed by atoms with E-state index in [9.17, 15) is 4.79 Å². The summed E-state index contributed by atoms with van der Waals surface area (Å²) in [6.07, 6.45) is 1.28. The van der Waals surface area contributed by atoms with E-state index in [0.717, 1.165) is 0 Å². The Morgan fingerprint density at radius 2 is 2.38 bits per heavy atom. The smallest absolute Gasteiger partial charge is 0.160 e. The summed E-state index contributed by atoms with van der Waals surface area (Å²) >= 11 is 0. The third kappa shape index (κ3) is 4.75. The van der Waals surface area contributed by atoms with E-state index >= 15 is 0 Å². The maximum atomic E-state index is 10.1. The Kier molecular flexibility index (Phi) is 3.31. The summed E-state index contributed by atoms with van der Waals surface area (Å²) in [5.74, 6) is -0.0484. The normalized spacial score (nSPS) is 5.62. The van der Waals surface area contributed by atoms with E-state index in [1.165, 1.54) is 13.0 Å². The molecule has 0 heterocycles. The first-order chi connectivity index (χ1) is 3.77. The molecule has 0 aromatic heterocycles. The highest BCUT2D eigenvalue weighted by Crippen LogP contribution is 1.66. The first kappa shape index (κ1) is 6.75. The average molecular weight is 106 g/mol. The first-order valence-electron chi connectivity index (χ1n) is 2.14. The lowest BCUT2D eigenvalue weighted by Crippen LogP contribution is -1.75. The monoisotopic (exact) mass is 106 g/mol. The predicted molar refractivity (Wildman–Crippen MR) is 31.4 cm³/mol. The van der Waals surface area contributed by atoms with Crippen molar-refractivity contribution >= 4 is 5.78 Å². The van der Waals surface area contributed by atoms with Gasteiger partial charge in [-0.05, 0) is 19.2 Å². The zero-order valence-corrected chi connectivity index (χ0v) is 4.69. The minimum absolute atomic E-state index is 0.0484. The molecule has 1 nitrogen and oxygen atoms in total. The summed E-state index contributed by atoms with van der Waals surface area (Å²) in [5, 5.41) is 0. The van der Waals surface area contributed by atoms with Crippen LogP contribution in [0.4, 0.5) is 0 Å². The number of hydrogen-bond donors (Lipinski definition) is 0. The minimum atomic E-state index is -0.0484. The second-order valence-corrected chi connectivity index (χ2v) is 1.20. The highest BCUT2D eigenvalue weighted by atomic mass is 16.1. The lowest BCUT2D eigenvalue weighted by Gasteiger charge is -1.63. The molecule has 0 spiro atoms. The Balaban J connectivity index is 4.26. The Hall–Kier alpha value is -1.25. The van der Waals surface area contributed by atoms with Crippen LogP contribution in [-0.4, -0.2) is 5.78 Å². The van der Waals surface area contributed by atoms with Crippen LogP contribution in [0.15, 0.2) is 29.8 Å². The van der Waals surface area contributed by atoms with Gasteiger partial charge in [0.25, 0.3) is 0 Å². The fraction of sp³-hybridized carbons (Fsp3) is 0.143. The van der Waals surface area contributed by atoms with Gasteiger partial charge in [-0.2, -0.15) is 0 Å². The fourth-order valence-corrected chi connectivity index (χ4v) is 0.189. The molecular formula is C7H6O. The van der Waals surface area contributed by atoms with E-state index in [1.54, 1.807) is 0 Å². The third-order valence-electron chi connectivity index (χ3n) is 0.436. The van der Waals surface area contributed by atoms with Gasteiger partial charge in [0, 0.05) is 6.08 Å². The largest absolute Gasteiger partial charge is 0.294 e. The van der Waals surface area contributed by atoms with Crippen LogP contribution in [0.25, 0.3) is 0 Å². The molecule has 0 saturated carbocycles. The molecule has 0 fully saturated rings. The van der Waals surface area contributed by atoms with Crippen molar-refractivity contribution < 1.29 is 4.79 Å². The van der Waals surface area contributed by atoms with E-state index in [4.69, 9.17) is 0 Å². The Bertz CT molecular complexity index is 194. The summed E-state index contributed by atoms with van der Waals surface area (Å²) in [6.45, 7) is 4.67. The maximum absolute atomic E-state index is 10.1. The lowest BCUT2D eigenvalue weighted by atomic mass is 10.4. The van der Waals surface area contributed by atoms with Crippen LogP contribution >= 0.6 is 0 Å². The molecule has 0 aliphatic carbocycles. The Morgan fingerprint density at radius 1 is 1.75 bits per heavy atom. The molecule has 0 bridgehead atoms. The molecule has 0 atom stereocenters. The fourth-order valence-electron chi connectivity index (χ4n) is 0.189. The van der Waals surface area contributed by atoms with Gasteiger partial charge in [-0.25, -0.2) is 0 Å². The van der Waals surface area contributed by atoms with Gasteiger partial charge in [-0.15, -0.1) is 0 Å². The number of allylic oxidation sites excluding steroid dienone is 1. The van der Waals surface area contributed by atoms with E-state index in [0.29, 0.717) is 0 Å². The van der Waals surface area contributed by atoms with Gasteiger partial charge in [-0.1, -0.05) is 11.5 Å². The van der Waals surface area contributed by atoms with E-state index < -0.39 is 0 Å². The van der Waals surface area contributed by atoms with Crippen molar-refractivity contribution in [2.45, 2.75) is 6.92 Å². The van der Waals surface area contributed by atoms with E-state index in [2.05, 4.69) is 23.8 Å². The minimum Gasteiger partial charge on any atom is -0.294 e. The van der Waals surface area contributed by atoms with Gasteiger partial charge >= 0.3 is 0 Å². The topological polar surface area (TPSA) is 17.1 Å². The molecule has 0 radical (unpaired) electrons. The maximum Gasteiger partial charge on any atom is 0.160 e. The average Bonchev–Trinajstić information content (AvgIpc) is 1.66. The molecule has 0 N–H and O–H groups in total. The van der Waals surface area contributed by atoms with Crippen molar-refractivity contribution in [3.05, 3.63) is 29.8 Å². The standard InChI is InChI=1S/C7H6O/c1-3-4-5-6-7(2)8/h6H,1H2,2H3. The van der Waals surface area contributed by atoms with Crippen molar-refractivity contribution in [1.82, 2.24) is 0 Å². The quantitative estimate of drug-likeness (QED) is 0.363. The second kappa shape index (κ2) is 3.92. The van der Waals surface area contributed by atoms with Crippen molar-refractivity contribution in [1.29, 1.82) is 0 Å². The molecule has 1 heteroatoms. The Morgan fingerprint density at radius 3 is 2.75 bits per heavy atom. The van der Waals surface area contributed by atoms with Crippen molar-refractivity contribution in [2.24, 2.45) is 0 Å². The van der Waals surface area contributed by atoms with Crippen LogP contribution in [0.3, 0.4) is 0 Å². The highest BCUT2D eigenvalue weighted by Gasteiger charge is 1.73. The molecular weight excluding hydrogens is 100 g/mol. The van der Waals surface area contributed by atoms with Crippen LogP contribution < -0.4 is 0 Å². The third-order valence-corrected chi connectivity index (χ3v) is 0.436. The van der Waals surface area contributed by atoms with E-state index in [-0.39, 0.29) is 5.78 Å². The molecule has 0 saturated heterocycles. The van der Waals surface area contributed by atoms with Crippen LogP contribution in [0.1, 0.15) is 6.92 Å². The van der Waals surface area contributed by atoms with Gasteiger partial charge in [0.05, 0.1) is 0 Å². The highest BCUT2D eigenvalue weighted by molar-refractivity contribution is 5.86. The second-order valence-electron chi connectivity index (χ2n) is 1.20. The van der Waals surface area contributed by atoms with Crippen LogP contribution in [-0.2, 0) is 4.79 Å². The number of ketones is 1. The molecule has 0 aromatic carbocycles. The van der Waals surface area contributed by atoms with Crippen molar-refractivity contribution in [2.75, 3.05) is 0 Å². The molecule has 0 unspecified atom stereocenters. The molecule has 40 valence electrons. The summed E-state index contributed by atoms with van der Waals surface area (Å²) in [5.41, 5.74) is 7.16. The zero-order valence-electron chi connectivity index (χ0n) is 4.69. The van der Waals surface area contributed by atoms with Gasteiger partial charge < -0.3 is 0 Å². The number of hydrogen-bond acceptors (Lipinski definition) is 1. The lowest BCUT2D eigenvalue weighted by molar-refractivity contribution is -0.112. The van der Waals surface area contributed by atoms with Crippen molar-refractivity contribution in [3.8, 4) is 0 Å². The van der Waals surface area contributed by atoms with Crippen LogP contribution in [0.5, 0.6) is 0 Å². The van der Waals surface area contributed by atoms with E-state index in [1.807, 2.05) is 0 Å². The molecule has 0 aliphatic rings. The molecule has 0 rings (SSSR count). The zero-order chi connectivity index (χ0) is 6.41. The number of rotatable bonds is 1. The van der Waals surface area contributed by atoms with Crippen LogP contribution in [0, 0.1) is 0 Å². The Labute approximate surface area is 48.3 Å². The predicted octanol–water partition coefficient (Wildman–Crippen LogP) is 1.23. The first-order valence-corrected chi connectivity index (χ1v) is 2.14. The van der Waals surface area contributed by atoms with Gasteiger partial charge in [0.1, 0.15) is 0 Å².